The van der Waals surface area contributed by atoms with Gasteiger partial charge in [0.15, 0.2) is 0 Å². The lowest BCUT2D eigenvalue weighted by Gasteiger charge is -2.34. The van der Waals surface area contributed by atoms with Gasteiger partial charge in [0.2, 0.25) is 10.0 Å². The first kappa shape index (κ1) is 18.2. The van der Waals surface area contributed by atoms with Crippen molar-refractivity contribution in [3.05, 3.63) is 54.1 Å². The van der Waals surface area contributed by atoms with Crippen molar-refractivity contribution in [2.45, 2.75) is 4.90 Å². The number of phenolic OH excluding ortho intramolecular Hbond substituents is 1. The number of phenols is 1. The summed E-state index contributed by atoms with van der Waals surface area (Å²) in [6.45, 7) is 1.03. The molecule has 2 aromatic carbocycles. The molecular formula is C18H20N2O5S. The van der Waals surface area contributed by atoms with Crippen LogP contribution < -0.4 is 4.74 Å². The number of carbonyl (C=O) groups is 1. The molecule has 138 valence electrons. The first-order valence-corrected chi connectivity index (χ1v) is 9.58. The number of ether oxygens (including phenoxy) is 1. The molecule has 0 atom stereocenters. The van der Waals surface area contributed by atoms with Gasteiger partial charge in [-0.1, -0.05) is 6.07 Å². The van der Waals surface area contributed by atoms with Crippen molar-refractivity contribution in [2.24, 2.45) is 0 Å². The summed E-state index contributed by atoms with van der Waals surface area (Å²) in [5.74, 6) is 0.393. The Morgan fingerprint density at radius 2 is 1.69 bits per heavy atom. The average molecular weight is 376 g/mol. The maximum atomic E-state index is 12.7. The molecule has 3 rings (SSSR count). The fourth-order valence-electron chi connectivity index (χ4n) is 2.85. The Bertz CT molecular complexity index is 888. The lowest BCUT2D eigenvalue weighted by molar-refractivity contribution is 0.0697. The zero-order valence-electron chi connectivity index (χ0n) is 14.3. The van der Waals surface area contributed by atoms with Crippen LogP contribution in [0.3, 0.4) is 0 Å². The number of carbonyl (C=O) groups excluding carboxylic acids is 1. The van der Waals surface area contributed by atoms with Crippen LogP contribution in [0.4, 0.5) is 0 Å². The third kappa shape index (κ3) is 3.66. The minimum atomic E-state index is -3.61. The molecule has 1 heterocycles. The largest absolute Gasteiger partial charge is 0.508 e. The summed E-state index contributed by atoms with van der Waals surface area (Å²) in [7, 11) is -2.09. The van der Waals surface area contributed by atoms with Gasteiger partial charge in [0, 0.05) is 31.7 Å². The quantitative estimate of drug-likeness (QED) is 0.875. The zero-order valence-corrected chi connectivity index (χ0v) is 15.1. The Morgan fingerprint density at radius 1 is 1.04 bits per heavy atom. The number of methoxy groups -OCH3 is 1. The molecular weight excluding hydrogens is 356 g/mol. The third-order valence-corrected chi connectivity index (χ3v) is 6.23. The number of nitrogens with zero attached hydrogens (tertiary/aromatic N) is 2. The monoisotopic (exact) mass is 376 g/mol. The van der Waals surface area contributed by atoms with Crippen molar-refractivity contribution >= 4 is 15.9 Å². The van der Waals surface area contributed by atoms with Gasteiger partial charge in [-0.25, -0.2) is 8.42 Å². The summed E-state index contributed by atoms with van der Waals surface area (Å²) in [4.78, 5) is 14.3. The molecule has 1 aliphatic rings. The van der Waals surface area contributed by atoms with E-state index in [0.29, 0.717) is 24.4 Å². The highest BCUT2D eigenvalue weighted by Gasteiger charge is 2.30. The molecule has 0 bridgehead atoms. The molecule has 1 N–H and O–H groups in total. The fraction of sp³-hybridized carbons (Fsp3) is 0.278. The van der Waals surface area contributed by atoms with E-state index in [-0.39, 0.29) is 29.6 Å². The summed E-state index contributed by atoms with van der Waals surface area (Å²) in [6.07, 6.45) is 0. The lowest BCUT2D eigenvalue weighted by Crippen LogP contribution is -2.50. The molecule has 1 fully saturated rings. The second-order valence-electron chi connectivity index (χ2n) is 5.92. The van der Waals surface area contributed by atoms with Crippen molar-refractivity contribution in [2.75, 3.05) is 33.3 Å². The SMILES string of the molecule is COc1ccc(S(=O)(=O)N2CCN(C(=O)c3cccc(O)c3)CC2)cc1. The topological polar surface area (TPSA) is 87.2 Å². The van der Waals surface area contributed by atoms with Crippen molar-refractivity contribution in [3.8, 4) is 11.5 Å². The van der Waals surface area contributed by atoms with Gasteiger partial charge in [0.25, 0.3) is 5.91 Å². The van der Waals surface area contributed by atoms with Crippen LogP contribution in [0.5, 0.6) is 11.5 Å². The van der Waals surface area contributed by atoms with E-state index >= 15 is 0 Å². The second-order valence-corrected chi connectivity index (χ2v) is 7.86. The number of hydrogen-bond donors (Lipinski definition) is 1. The van der Waals surface area contributed by atoms with Crippen molar-refractivity contribution in [1.82, 2.24) is 9.21 Å². The number of amides is 1. The first-order valence-electron chi connectivity index (χ1n) is 8.14. The summed E-state index contributed by atoms with van der Waals surface area (Å²) in [5, 5.41) is 9.51. The predicted octanol–water partition coefficient (Wildman–Crippen LogP) is 1.55. The Hall–Kier alpha value is -2.58. The predicted molar refractivity (Wildman–Crippen MR) is 95.8 cm³/mol. The number of aromatic hydroxyl groups is 1. The second kappa shape index (κ2) is 7.35. The summed E-state index contributed by atoms with van der Waals surface area (Å²) < 4.78 is 31.9. The highest BCUT2D eigenvalue weighted by atomic mass is 32.2. The van der Waals surface area contributed by atoms with Gasteiger partial charge in [0.1, 0.15) is 11.5 Å². The van der Waals surface area contributed by atoms with Gasteiger partial charge in [-0.3, -0.25) is 4.79 Å². The normalized spacial score (nSPS) is 15.7. The van der Waals surface area contributed by atoms with Crippen LogP contribution in [-0.2, 0) is 10.0 Å². The van der Waals surface area contributed by atoms with Crippen LogP contribution in [0, 0.1) is 0 Å². The van der Waals surface area contributed by atoms with Gasteiger partial charge in [-0.05, 0) is 42.5 Å². The number of benzene rings is 2. The van der Waals surface area contributed by atoms with Crippen LogP contribution in [0.25, 0.3) is 0 Å². The lowest BCUT2D eigenvalue weighted by atomic mass is 10.2. The van der Waals surface area contributed by atoms with Gasteiger partial charge in [-0.2, -0.15) is 4.31 Å². The molecule has 0 radical (unpaired) electrons. The van der Waals surface area contributed by atoms with Gasteiger partial charge in [-0.15, -0.1) is 0 Å². The minimum absolute atomic E-state index is 0.0246. The minimum Gasteiger partial charge on any atom is -0.508 e. The van der Waals surface area contributed by atoms with E-state index in [1.54, 1.807) is 29.2 Å². The molecule has 8 heteroatoms. The molecule has 2 aromatic rings. The summed E-state index contributed by atoms with van der Waals surface area (Å²) in [6, 6.07) is 12.4. The van der Waals surface area contributed by atoms with Crippen LogP contribution in [0.1, 0.15) is 10.4 Å². The smallest absolute Gasteiger partial charge is 0.254 e. The Morgan fingerprint density at radius 3 is 2.27 bits per heavy atom. The molecule has 1 amide bonds. The van der Waals surface area contributed by atoms with Crippen molar-refractivity contribution in [1.29, 1.82) is 0 Å². The van der Waals surface area contributed by atoms with E-state index < -0.39 is 10.0 Å². The van der Waals surface area contributed by atoms with E-state index in [0.717, 1.165) is 0 Å². The first-order chi connectivity index (χ1) is 12.4. The van der Waals surface area contributed by atoms with Gasteiger partial charge < -0.3 is 14.7 Å². The number of piperazine rings is 1. The Kier molecular flexibility index (Phi) is 5.15. The molecule has 1 saturated heterocycles. The molecule has 0 spiro atoms. The maximum Gasteiger partial charge on any atom is 0.254 e. The summed E-state index contributed by atoms with van der Waals surface area (Å²) in [5.41, 5.74) is 0.386. The zero-order chi connectivity index (χ0) is 18.7. The number of sulfonamides is 1. The Balaban J connectivity index is 1.68. The number of hydrogen-bond acceptors (Lipinski definition) is 5. The molecule has 0 saturated carbocycles. The van der Waals surface area contributed by atoms with Crippen LogP contribution >= 0.6 is 0 Å². The van der Waals surface area contributed by atoms with E-state index in [1.807, 2.05) is 0 Å². The van der Waals surface area contributed by atoms with Gasteiger partial charge >= 0.3 is 0 Å². The molecule has 0 aromatic heterocycles. The Labute approximate surface area is 152 Å². The van der Waals surface area contributed by atoms with Crippen molar-refractivity contribution < 1.29 is 23.1 Å². The van der Waals surface area contributed by atoms with E-state index in [9.17, 15) is 18.3 Å². The van der Waals surface area contributed by atoms with Gasteiger partial charge in [0.05, 0.1) is 12.0 Å². The molecule has 0 aliphatic carbocycles. The highest BCUT2D eigenvalue weighted by molar-refractivity contribution is 7.89. The fourth-order valence-corrected chi connectivity index (χ4v) is 4.27. The number of rotatable bonds is 4. The molecule has 7 nitrogen and oxygen atoms in total. The van der Waals surface area contributed by atoms with E-state index in [4.69, 9.17) is 4.74 Å². The highest BCUT2D eigenvalue weighted by Crippen LogP contribution is 2.21. The standard InChI is InChI=1S/C18H20N2O5S/c1-25-16-5-7-17(8-6-16)26(23,24)20-11-9-19(10-12-20)18(22)14-3-2-4-15(21)13-14/h2-8,13,21H,9-12H2,1H3. The van der Waals surface area contributed by atoms with Crippen LogP contribution in [0.2, 0.25) is 0 Å². The van der Waals surface area contributed by atoms with E-state index in [1.165, 1.54) is 35.7 Å². The van der Waals surface area contributed by atoms with E-state index in [2.05, 4.69) is 0 Å². The average Bonchev–Trinajstić information content (AvgIpc) is 2.67. The molecule has 0 unspecified atom stereocenters. The maximum absolute atomic E-state index is 12.7. The molecule has 26 heavy (non-hydrogen) atoms. The summed E-state index contributed by atoms with van der Waals surface area (Å²) >= 11 is 0. The molecule has 1 aliphatic heterocycles. The van der Waals surface area contributed by atoms with Crippen molar-refractivity contribution in [3.63, 3.8) is 0 Å². The third-order valence-electron chi connectivity index (χ3n) is 4.32. The van der Waals surface area contributed by atoms with Crippen LogP contribution in [-0.4, -0.2) is 61.9 Å². The van der Waals surface area contributed by atoms with Crippen LogP contribution in [0.15, 0.2) is 53.4 Å².